The predicted octanol–water partition coefficient (Wildman–Crippen LogP) is 2.01. The standard InChI is InChI=1S/C13H18BrN3O/c1-16(2)11-4-3-7-17(9-11)13(18)12-6-5-10(14)8-15-12/h5-6,8,11H,3-4,7,9H2,1-2H3/t11-/m1/s1. The highest BCUT2D eigenvalue weighted by molar-refractivity contribution is 9.10. The van der Waals surface area contributed by atoms with E-state index in [2.05, 4.69) is 39.9 Å². The normalized spacial score (nSPS) is 20.2. The van der Waals surface area contributed by atoms with Crippen molar-refractivity contribution >= 4 is 21.8 Å². The van der Waals surface area contributed by atoms with Gasteiger partial charge in [-0.3, -0.25) is 4.79 Å². The molecule has 5 heteroatoms. The lowest BCUT2D eigenvalue weighted by molar-refractivity contribution is 0.0629. The average Bonchev–Trinajstić information content (AvgIpc) is 2.39. The molecule has 2 rings (SSSR count). The van der Waals surface area contributed by atoms with E-state index in [4.69, 9.17) is 0 Å². The van der Waals surface area contributed by atoms with E-state index in [9.17, 15) is 4.79 Å². The Kier molecular flexibility index (Phi) is 4.35. The van der Waals surface area contributed by atoms with Crippen molar-refractivity contribution in [3.8, 4) is 0 Å². The van der Waals surface area contributed by atoms with Gasteiger partial charge in [0, 0.05) is 29.8 Å². The lowest BCUT2D eigenvalue weighted by Crippen LogP contribution is -2.47. The second kappa shape index (κ2) is 5.80. The topological polar surface area (TPSA) is 36.4 Å². The molecule has 0 aliphatic carbocycles. The monoisotopic (exact) mass is 311 g/mol. The molecule has 0 N–H and O–H groups in total. The molecule has 0 aromatic carbocycles. The Labute approximate surface area is 116 Å². The van der Waals surface area contributed by atoms with Crippen LogP contribution in [0.2, 0.25) is 0 Å². The largest absolute Gasteiger partial charge is 0.336 e. The first-order valence-corrected chi connectivity index (χ1v) is 6.94. The number of pyridine rings is 1. The van der Waals surface area contributed by atoms with E-state index in [-0.39, 0.29) is 5.91 Å². The average molecular weight is 312 g/mol. The molecule has 98 valence electrons. The van der Waals surface area contributed by atoms with E-state index in [1.54, 1.807) is 12.3 Å². The number of likely N-dealkylation sites (tertiary alicyclic amines) is 1. The summed E-state index contributed by atoms with van der Waals surface area (Å²) in [5.74, 6) is 0.0362. The summed E-state index contributed by atoms with van der Waals surface area (Å²) in [6.07, 6.45) is 3.89. The molecule has 1 amide bonds. The van der Waals surface area contributed by atoms with Crippen LogP contribution in [0.1, 0.15) is 23.3 Å². The Morgan fingerprint density at radius 2 is 2.28 bits per heavy atom. The highest BCUT2D eigenvalue weighted by Gasteiger charge is 2.25. The number of likely N-dealkylation sites (N-methyl/N-ethyl adjacent to an activating group) is 1. The number of hydrogen-bond acceptors (Lipinski definition) is 3. The van der Waals surface area contributed by atoms with Crippen LogP contribution in [0.15, 0.2) is 22.8 Å². The lowest BCUT2D eigenvalue weighted by atomic mass is 10.0. The van der Waals surface area contributed by atoms with Gasteiger partial charge in [0.1, 0.15) is 5.69 Å². The number of aromatic nitrogens is 1. The highest BCUT2D eigenvalue weighted by atomic mass is 79.9. The minimum Gasteiger partial charge on any atom is -0.336 e. The third-order valence-electron chi connectivity index (χ3n) is 3.36. The Hall–Kier alpha value is -0.940. The second-order valence-electron chi connectivity index (χ2n) is 4.87. The van der Waals surface area contributed by atoms with E-state index in [0.29, 0.717) is 11.7 Å². The summed E-state index contributed by atoms with van der Waals surface area (Å²) in [6.45, 7) is 1.63. The van der Waals surface area contributed by atoms with Crippen LogP contribution in [0.5, 0.6) is 0 Å². The van der Waals surface area contributed by atoms with Gasteiger partial charge in [0.15, 0.2) is 0 Å². The van der Waals surface area contributed by atoms with Gasteiger partial charge in [-0.2, -0.15) is 0 Å². The Morgan fingerprint density at radius 3 is 2.89 bits per heavy atom. The quantitative estimate of drug-likeness (QED) is 0.838. The molecule has 0 spiro atoms. The SMILES string of the molecule is CN(C)[C@@H]1CCCN(C(=O)c2ccc(Br)cn2)C1. The fourth-order valence-corrected chi connectivity index (χ4v) is 2.46. The fraction of sp³-hybridized carbons (Fsp3) is 0.538. The Balaban J connectivity index is 2.06. The van der Waals surface area contributed by atoms with Crippen molar-refractivity contribution in [3.05, 3.63) is 28.5 Å². The summed E-state index contributed by atoms with van der Waals surface area (Å²) in [4.78, 5) is 20.6. The molecule has 0 unspecified atom stereocenters. The number of amides is 1. The van der Waals surface area contributed by atoms with Crippen LogP contribution in [0.3, 0.4) is 0 Å². The summed E-state index contributed by atoms with van der Waals surface area (Å²) < 4.78 is 0.892. The molecule has 2 heterocycles. The van der Waals surface area contributed by atoms with Crippen LogP contribution in [0.4, 0.5) is 0 Å². The number of nitrogens with zero attached hydrogens (tertiary/aromatic N) is 3. The first kappa shape index (κ1) is 13.5. The van der Waals surface area contributed by atoms with Gasteiger partial charge < -0.3 is 9.80 Å². The van der Waals surface area contributed by atoms with Gasteiger partial charge in [0.25, 0.3) is 5.91 Å². The summed E-state index contributed by atoms with van der Waals surface area (Å²) in [5, 5.41) is 0. The summed E-state index contributed by atoms with van der Waals surface area (Å²) in [7, 11) is 4.13. The van der Waals surface area contributed by atoms with Crippen LogP contribution < -0.4 is 0 Å². The van der Waals surface area contributed by atoms with Crippen molar-refractivity contribution in [2.24, 2.45) is 0 Å². The number of carbonyl (C=O) groups is 1. The van der Waals surface area contributed by atoms with Crippen molar-refractivity contribution < 1.29 is 4.79 Å². The van der Waals surface area contributed by atoms with Crippen molar-refractivity contribution in [2.75, 3.05) is 27.2 Å². The van der Waals surface area contributed by atoms with Crippen LogP contribution in [0.25, 0.3) is 0 Å². The zero-order chi connectivity index (χ0) is 13.1. The van der Waals surface area contributed by atoms with E-state index in [0.717, 1.165) is 30.4 Å². The van der Waals surface area contributed by atoms with Crippen LogP contribution in [0, 0.1) is 0 Å². The van der Waals surface area contributed by atoms with Gasteiger partial charge in [0.05, 0.1) is 0 Å². The molecule has 1 fully saturated rings. The van der Waals surface area contributed by atoms with Gasteiger partial charge in [-0.1, -0.05) is 0 Å². The minimum atomic E-state index is 0.0362. The van der Waals surface area contributed by atoms with Crippen molar-refractivity contribution in [2.45, 2.75) is 18.9 Å². The number of hydrogen-bond donors (Lipinski definition) is 0. The van der Waals surface area contributed by atoms with Crippen LogP contribution in [-0.4, -0.2) is 53.9 Å². The first-order valence-electron chi connectivity index (χ1n) is 6.15. The van der Waals surface area contributed by atoms with Crippen molar-refractivity contribution in [3.63, 3.8) is 0 Å². The number of rotatable bonds is 2. The molecule has 1 aromatic heterocycles. The zero-order valence-corrected chi connectivity index (χ0v) is 12.4. The molecule has 1 atom stereocenters. The van der Waals surface area contributed by atoms with E-state index < -0.39 is 0 Å². The molecular weight excluding hydrogens is 294 g/mol. The Bertz CT molecular complexity index is 419. The van der Waals surface area contributed by atoms with Gasteiger partial charge in [-0.15, -0.1) is 0 Å². The van der Waals surface area contributed by atoms with Gasteiger partial charge in [-0.05, 0) is 55.0 Å². The van der Waals surface area contributed by atoms with Crippen LogP contribution >= 0.6 is 15.9 Å². The van der Waals surface area contributed by atoms with Gasteiger partial charge >= 0.3 is 0 Å². The maximum atomic E-state index is 12.3. The van der Waals surface area contributed by atoms with Gasteiger partial charge in [0.2, 0.25) is 0 Å². The van der Waals surface area contributed by atoms with Crippen molar-refractivity contribution in [1.29, 1.82) is 0 Å². The number of piperidine rings is 1. The number of carbonyl (C=O) groups excluding carboxylic acids is 1. The third-order valence-corrected chi connectivity index (χ3v) is 3.83. The summed E-state index contributed by atoms with van der Waals surface area (Å²) >= 11 is 3.33. The zero-order valence-electron chi connectivity index (χ0n) is 10.8. The minimum absolute atomic E-state index is 0.0362. The molecule has 0 radical (unpaired) electrons. The Morgan fingerprint density at radius 1 is 1.50 bits per heavy atom. The first-order chi connectivity index (χ1) is 8.58. The predicted molar refractivity (Wildman–Crippen MR) is 74.5 cm³/mol. The molecular formula is C13H18BrN3O. The molecule has 1 aromatic rings. The second-order valence-corrected chi connectivity index (χ2v) is 5.79. The third kappa shape index (κ3) is 3.09. The van der Waals surface area contributed by atoms with Crippen molar-refractivity contribution in [1.82, 2.24) is 14.8 Å². The maximum Gasteiger partial charge on any atom is 0.272 e. The molecule has 1 aliphatic heterocycles. The molecule has 1 saturated heterocycles. The molecule has 18 heavy (non-hydrogen) atoms. The molecule has 0 saturated carbocycles. The van der Waals surface area contributed by atoms with E-state index >= 15 is 0 Å². The number of halogens is 1. The highest BCUT2D eigenvalue weighted by Crippen LogP contribution is 2.16. The van der Waals surface area contributed by atoms with Crippen LogP contribution in [-0.2, 0) is 0 Å². The molecule has 1 aliphatic rings. The van der Waals surface area contributed by atoms with E-state index in [1.165, 1.54) is 0 Å². The summed E-state index contributed by atoms with van der Waals surface area (Å²) in [6, 6.07) is 4.08. The fourth-order valence-electron chi connectivity index (χ4n) is 2.23. The van der Waals surface area contributed by atoms with Gasteiger partial charge in [-0.25, -0.2) is 4.98 Å². The maximum absolute atomic E-state index is 12.3. The molecule has 0 bridgehead atoms. The lowest BCUT2D eigenvalue weighted by Gasteiger charge is -2.35. The molecule has 4 nitrogen and oxygen atoms in total. The smallest absolute Gasteiger partial charge is 0.272 e. The summed E-state index contributed by atoms with van der Waals surface area (Å²) in [5.41, 5.74) is 0.526. The van der Waals surface area contributed by atoms with E-state index in [1.807, 2.05) is 11.0 Å².